The molecule has 1 amide bonds. The summed E-state index contributed by atoms with van der Waals surface area (Å²) in [6.45, 7) is 1.95. The Labute approximate surface area is 260 Å². The van der Waals surface area contributed by atoms with Crippen molar-refractivity contribution in [1.29, 1.82) is 0 Å². The summed E-state index contributed by atoms with van der Waals surface area (Å²) in [5.74, 6) is -1.30. The van der Waals surface area contributed by atoms with Crippen LogP contribution in [0.4, 0.5) is 5.13 Å². The Balaban J connectivity index is 1.40. The molecule has 43 heavy (non-hydrogen) atoms. The molecule has 1 aromatic heterocycles. The number of thioether (sulfide) groups is 1. The molecule has 0 radical (unpaired) electrons. The fourth-order valence-electron chi connectivity index (χ4n) is 5.10. The number of amides is 1. The minimum atomic E-state index is -1.02. The van der Waals surface area contributed by atoms with Crippen LogP contribution < -0.4 is 9.64 Å². The van der Waals surface area contributed by atoms with Gasteiger partial charge in [0.1, 0.15) is 17.6 Å². The highest BCUT2D eigenvalue weighted by Gasteiger charge is 2.48. The van der Waals surface area contributed by atoms with E-state index in [2.05, 4.69) is 10.2 Å². The lowest BCUT2D eigenvalue weighted by Crippen LogP contribution is -2.29. The van der Waals surface area contributed by atoms with Gasteiger partial charge < -0.3 is 14.6 Å². The summed E-state index contributed by atoms with van der Waals surface area (Å²) in [6, 6.07) is 18.0. The number of carbonyl (C=O) groups is 3. The number of hydrogen-bond donors (Lipinski definition) is 1. The molecule has 4 aromatic rings. The molecule has 0 aliphatic carbocycles. The number of fused-ring (bicyclic) bond motifs is 1. The van der Waals surface area contributed by atoms with Crippen LogP contribution in [-0.4, -0.2) is 46.2 Å². The number of ether oxygens (including phenoxy) is 2. The van der Waals surface area contributed by atoms with Crippen LogP contribution in [0, 0.1) is 0 Å². The Kier molecular flexibility index (Phi) is 7.95. The number of carbonyl (C=O) groups excluding carboxylic acids is 3. The van der Waals surface area contributed by atoms with E-state index >= 15 is 0 Å². The second-order valence-electron chi connectivity index (χ2n) is 9.97. The van der Waals surface area contributed by atoms with Crippen LogP contribution >= 0.6 is 34.7 Å². The van der Waals surface area contributed by atoms with Crippen molar-refractivity contribution in [2.45, 2.75) is 35.6 Å². The van der Waals surface area contributed by atoms with E-state index in [1.807, 2.05) is 31.2 Å². The summed E-state index contributed by atoms with van der Waals surface area (Å²) in [4.78, 5) is 40.5. The number of methoxy groups -OCH3 is 1. The largest absolute Gasteiger partial charge is 0.507 e. The summed E-state index contributed by atoms with van der Waals surface area (Å²) in [6.07, 6.45) is 0.650. The molecule has 9 nitrogen and oxygen atoms in total. The molecule has 0 saturated carbocycles. The van der Waals surface area contributed by atoms with E-state index in [1.54, 1.807) is 42.5 Å². The van der Waals surface area contributed by atoms with Gasteiger partial charge >= 0.3 is 11.9 Å². The van der Waals surface area contributed by atoms with E-state index in [9.17, 15) is 19.5 Å². The molecular weight excluding hydrogens is 610 g/mol. The first-order valence-corrected chi connectivity index (χ1v) is 15.4. The zero-order valence-corrected chi connectivity index (χ0v) is 25.3. The van der Waals surface area contributed by atoms with Gasteiger partial charge in [-0.1, -0.05) is 65.0 Å². The number of halogens is 1. The maximum atomic E-state index is 13.6. The molecule has 2 atom stereocenters. The smallest absolute Gasteiger partial charge is 0.337 e. The Bertz CT molecular complexity index is 1790. The molecular formula is C31H24ClN3O6S2. The number of anilines is 1. The second kappa shape index (κ2) is 11.8. The molecule has 3 aromatic carbocycles. The Morgan fingerprint density at radius 1 is 1.12 bits per heavy atom. The molecule has 12 heteroatoms. The van der Waals surface area contributed by atoms with Crippen molar-refractivity contribution < 1.29 is 29.0 Å². The monoisotopic (exact) mass is 633 g/mol. The lowest BCUT2D eigenvalue weighted by molar-refractivity contribution is -0.132. The molecule has 1 N–H and O–H groups in total. The first kappa shape index (κ1) is 28.9. The minimum Gasteiger partial charge on any atom is -0.507 e. The summed E-state index contributed by atoms with van der Waals surface area (Å²) < 4.78 is 11.2. The average molecular weight is 634 g/mol. The maximum absolute atomic E-state index is 13.6. The third kappa shape index (κ3) is 5.51. The van der Waals surface area contributed by atoms with Crippen LogP contribution in [0.1, 0.15) is 45.6 Å². The average Bonchev–Trinajstić information content (AvgIpc) is 3.70. The normalized spacial score (nSPS) is 18.9. The van der Waals surface area contributed by atoms with Gasteiger partial charge in [0.25, 0.3) is 5.78 Å². The number of nitrogens with zero attached hydrogens (tertiary/aromatic N) is 3. The third-order valence-electron chi connectivity index (χ3n) is 7.17. The number of ketones is 1. The van der Waals surface area contributed by atoms with E-state index < -0.39 is 23.7 Å². The molecule has 1 saturated heterocycles. The van der Waals surface area contributed by atoms with Crippen LogP contribution in [0.5, 0.6) is 5.75 Å². The van der Waals surface area contributed by atoms with Crippen molar-refractivity contribution in [3.05, 3.63) is 105 Å². The predicted octanol–water partition coefficient (Wildman–Crippen LogP) is 6.22. The van der Waals surface area contributed by atoms with E-state index in [0.29, 0.717) is 38.2 Å². The van der Waals surface area contributed by atoms with Crippen LogP contribution in [0.25, 0.3) is 5.76 Å². The number of hydrogen-bond acceptors (Lipinski definition) is 10. The van der Waals surface area contributed by atoms with Gasteiger partial charge in [-0.15, -0.1) is 10.2 Å². The van der Waals surface area contributed by atoms with Crippen molar-refractivity contribution in [3.63, 3.8) is 0 Å². The SMILES string of the molecule is COC(=O)c1ccc([C@H]2C(=C(O)c3ccc4c(c3)C[C@@H](C)O4)C(=O)C(=O)N2c2nnc(SCc3ccccc3Cl)s2)cc1. The molecule has 2 aliphatic heterocycles. The predicted molar refractivity (Wildman–Crippen MR) is 164 cm³/mol. The Hall–Kier alpha value is -4.19. The topological polar surface area (TPSA) is 119 Å². The van der Waals surface area contributed by atoms with Crippen LogP contribution in [0.2, 0.25) is 5.02 Å². The van der Waals surface area contributed by atoms with Gasteiger partial charge in [0.15, 0.2) is 4.34 Å². The first-order chi connectivity index (χ1) is 20.7. The number of aliphatic hydroxyl groups excluding tert-OH is 1. The van der Waals surface area contributed by atoms with Gasteiger partial charge in [-0.2, -0.15) is 0 Å². The molecule has 0 unspecified atom stereocenters. The number of benzene rings is 3. The van der Waals surface area contributed by atoms with Crippen molar-refractivity contribution >= 4 is 63.3 Å². The fraction of sp³-hybridized carbons (Fsp3) is 0.194. The number of aliphatic hydroxyl groups is 1. The highest BCUT2D eigenvalue weighted by molar-refractivity contribution is 8.00. The van der Waals surface area contributed by atoms with Gasteiger partial charge in [-0.3, -0.25) is 14.5 Å². The number of aromatic nitrogens is 2. The molecule has 1 fully saturated rings. The third-order valence-corrected chi connectivity index (χ3v) is 9.65. The molecule has 2 aliphatic rings. The van der Waals surface area contributed by atoms with Crippen molar-refractivity contribution in [1.82, 2.24) is 10.2 Å². The van der Waals surface area contributed by atoms with Crippen molar-refractivity contribution in [2.75, 3.05) is 12.0 Å². The molecule has 3 heterocycles. The van der Waals surface area contributed by atoms with Gasteiger partial charge in [-0.25, -0.2) is 4.79 Å². The first-order valence-electron chi connectivity index (χ1n) is 13.2. The zero-order chi connectivity index (χ0) is 30.2. The van der Waals surface area contributed by atoms with Crippen LogP contribution in [-0.2, 0) is 26.5 Å². The number of Topliss-reactive ketones (excluding diaryl/α,β-unsaturated/α-hetero) is 1. The van der Waals surface area contributed by atoms with E-state index in [4.69, 9.17) is 21.1 Å². The van der Waals surface area contributed by atoms with Gasteiger partial charge in [0.05, 0.1) is 24.3 Å². The summed E-state index contributed by atoms with van der Waals surface area (Å²) in [5.41, 5.74) is 2.90. The highest BCUT2D eigenvalue weighted by atomic mass is 35.5. The Morgan fingerprint density at radius 2 is 1.86 bits per heavy atom. The van der Waals surface area contributed by atoms with E-state index in [-0.39, 0.29) is 22.6 Å². The maximum Gasteiger partial charge on any atom is 0.337 e. The molecule has 6 rings (SSSR count). The fourth-order valence-corrected chi connectivity index (χ4v) is 7.26. The summed E-state index contributed by atoms with van der Waals surface area (Å²) in [7, 11) is 1.28. The van der Waals surface area contributed by atoms with Gasteiger partial charge in [-0.05, 0) is 60.0 Å². The van der Waals surface area contributed by atoms with Crippen molar-refractivity contribution in [3.8, 4) is 5.75 Å². The molecule has 0 spiro atoms. The quantitative estimate of drug-likeness (QED) is 0.0632. The van der Waals surface area contributed by atoms with Crippen LogP contribution in [0.3, 0.4) is 0 Å². The van der Waals surface area contributed by atoms with E-state index in [1.165, 1.54) is 23.8 Å². The lowest BCUT2D eigenvalue weighted by Gasteiger charge is -2.22. The summed E-state index contributed by atoms with van der Waals surface area (Å²) >= 11 is 8.85. The molecule has 0 bridgehead atoms. The summed E-state index contributed by atoms with van der Waals surface area (Å²) in [5, 5.41) is 20.9. The number of rotatable bonds is 7. The Morgan fingerprint density at radius 3 is 2.60 bits per heavy atom. The minimum absolute atomic E-state index is 0.00585. The van der Waals surface area contributed by atoms with Crippen LogP contribution in [0.15, 0.2) is 76.6 Å². The zero-order valence-electron chi connectivity index (χ0n) is 22.9. The van der Waals surface area contributed by atoms with Crippen molar-refractivity contribution in [2.24, 2.45) is 0 Å². The highest BCUT2D eigenvalue weighted by Crippen LogP contribution is 2.45. The van der Waals surface area contributed by atoms with E-state index in [0.717, 1.165) is 28.2 Å². The number of esters is 1. The lowest BCUT2D eigenvalue weighted by atomic mass is 9.94. The molecule has 218 valence electrons. The van der Waals surface area contributed by atoms with Gasteiger partial charge in [0, 0.05) is 22.8 Å². The second-order valence-corrected chi connectivity index (χ2v) is 12.6. The van der Waals surface area contributed by atoms with Gasteiger partial charge in [0.2, 0.25) is 5.13 Å². The standard InChI is InChI=1S/C31H24ClN3O6S2/c1-16-13-21-14-19(11-12-23(21)41-16)26(36)24-25(17-7-9-18(10-8-17)29(39)40-2)35(28(38)27(24)37)30-33-34-31(43-30)42-15-20-5-3-4-6-22(20)32/h3-12,14,16,25,36H,13,15H2,1-2H3/t16-,25+/m1/s1.